The van der Waals surface area contributed by atoms with Crippen molar-refractivity contribution < 1.29 is 38.0 Å². The first-order chi connectivity index (χ1) is 19.2. The summed E-state index contributed by atoms with van der Waals surface area (Å²) in [5.41, 5.74) is 2.55. The van der Waals surface area contributed by atoms with Crippen molar-refractivity contribution in [2.75, 3.05) is 28.4 Å². The third-order valence-electron chi connectivity index (χ3n) is 6.16. The smallest absolute Gasteiger partial charge is 0.327 e. The number of methoxy groups -OCH3 is 4. The number of benzene rings is 3. The number of hydrogen-bond acceptors (Lipinski definition) is 8. The molecular formula is C31H34Br2O8. The van der Waals surface area contributed by atoms with Crippen molar-refractivity contribution >= 4 is 43.8 Å². The maximum Gasteiger partial charge on any atom is 0.327 e. The summed E-state index contributed by atoms with van der Waals surface area (Å²) in [5.74, 6) is 1.23. The summed E-state index contributed by atoms with van der Waals surface area (Å²) in [6.07, 6.45) is 0. The van der Waals surface area contributed by atoms with Gasteiger partial charge in [0.1, 0.15) is 8.65 Å². The van der Waals surface area contributed by atoms with Crippen molar-refractivity contribution in [3.63, 3.8) is 0 Å². The van der Waals surface area contributed by atoms with Gasteiger partial charge in [-0.05, 0) is 80.8 Å². The number of rotatable bonds is 11. The van der Waals surface area contributed by atoms with Gasteiger partial charge in [0.2, 0.25) is 0 Å². The fraction of sp³-hybridized carbons (Fsp3) is 0.355. The molecule has 8 nitrogen and oxygen atoms in total. The lowest BCUT2D eigenvalue weighted by atomic mass is 9.84. The van der Waals surface area contributed by atoms with Crippen LogP contribution in [0, 0.1) is 0 Å². The molecule has 0 aliphatic carbocycles. The topological polar surface area (TPSA) is 89.5 Å². The Hall–Kier alpha value is -3.24. The molecule has 0 aromatic heterocycles. The molecule has 3 aromatic carbocycles. The molecular weight excluding hydrogens is 660 g/mol. The average Bonchev–Trinajstić information content (AvgIpc) is 2.93. The molecule has 0 atom stereocenters. The molecule has 10 heteroatoms. The highest BCUT2D eigenvalue weighted by Gasteiger charge is 2.29. The van der Waals surface area contributed by atoms with Crippen LogP contribution >= 0.6 is 31.9 Å². The van der Waals surface area contributed by atoms with E-state index in [1.807, 2.05) is 42.5 Å². The normalized spacial score (nSPS) is 11.6. The highest BCUT2D eigenvalue weighted by molar-refractivity contribution is 9.10. The maximum atomic E-state index is 12.5. The first kappa shape index (κ1) is 32.3. The Morgan fingerprint density at radius 3 is 1.12 bits per heavy atom. The number of alkyl halides is 2. The van der Waals surface area contributed by atoms with E-state index in [-0.39, 0.29) is 17.4 Å². The fourth-order valence-corrected chi connectivity index (χ4v) is 4.11. The van der Waals surface area contributed by atoms with Gasteiger partial charge < -0.3 is 28.4 Å². The van der Waals surface area contributed by atoms with Crippen molar-refractivity contribution in [3.05, 3.63) is 71.3 Å². The molecule has 0 bridgehead atoms. The first-order valence-electron chi connectivity index (χ1n) is 12.6. The van der Waals surface area contributed by atoms with Crippen LogP contribution in [0.4, 0.5) is 0 Å². The molecule has 41 heavy (non-hydrogen) atoms. The van der Waals surface area contributed by atoms with Crippen LogP contribution in [0.2, 0.25) is 0 Å². The lowest BCUT2D eigenvalue weighted by molar-refractivity contribution is -0.136. The van der Waals surface area contributed by atoms with E-state index in [4.69, 9.17) is 28.4 Å². The van der Waals surface area contributed by atoms with E-state index in [0.29, 0.717) is 23.0 Å². The minimum atomic E-state index is -0.870. The first-order valence-corrected chi connectivity index (χ1v) is 14.2. The van der Waals surface area contributed by atoms with Gasteiger partial charge in [-0.15, -0.1) is 0 Å². The summed E-state index contributed by atoms with van der Waals surface area (Å²) < 4.78 is 31.7. The van der Waals surface area contributed by atoms with Crippen LogP contribution < -0.4 is 28.4 Å². The zero-order valence-corrected chi connectivity index (χ0v) is 27.5. The maximum absolute atomic E-state index is 12.5. The molecule has 0 heterocycles. The Kier molecular flexibility index (Phi) is 10.4. The van der Waals surface area contributed by atoms with Crippen molar-refractivity contribution in [3.8, 4) is 34.5 Å². The SMILES string of the molecule is COc1ccc(C(c2ccc(OC(=O)C(C)(C)Br)c(OC)c2)c2ccc(OC(=O)C(C)(C)Br)c(OC)c2)cc1OC. The minimum absolute atomic E-state index is 0.289. The summed E-state index contributed by atoms with van der Waals surface area (Å²) in [6, 6.07) is 16.4. The molecule has 0 aliphatic rings. The largest absolute Gasteiger partial charge is 0.493 e. The van der Waals surface area contributed by atoms with E-state index < -0.39 is 20.6 Å². The second-order valence-electron chi connectivity index (χ2n) is 10.1. The summed E-state index contributed by atoms with van der Waals surface area (Å²) in [7, 11) is 6.18. The van der Waals surface area contributed by atoms with E-state index in [9.17, 15) is 9.59 Å². The Morgan fingerprint density at radius 2 is 0.829 bits per heavy atom. The molecule has 220 valence electrons. The van der Waals surface area contributed by atoms with Gasteiger partial charge in [0, 0.05) is 5.92 Å². The van der Waals surface area contributed by atoms with Crippen LogP contribution in [0.3, 0.4) is 0 Å². The predicted octanol–water partition coefficient (Wildman–Crippen LogP) is 7.06. The third kappa shape index (κ3) is 7.74. The highest BCUT2D eigenvalue weighted by Crippen LogP contribution is 2.42. The van der Waals surface area contributed by atoms with Crippen LogP contribution in [0.25, 0.3) is 0 Å². The molecule has 3 aromatic rings. The van der Waals surface area contributed by atoms with Gasteiger partial charge in [-0.1, -0.05) is 50.1 Å². The van der Waals surface area contributed by atoms with Gasteiger partial charge >= 0.3 is 11.9 Å². The zero-order chi connectivity index (χ0) is 30.5. The van der Waals surface area contributed by atoms with Crippen molar-refractivity contribution in [2.24, 2.45) is 0 Å². The van der Waals surface area contributed by atoms with Gasteiger partial charge in [0.15, 0.2) is 34.5 Å². The van der Waals surface area contributed by atoms with Crippen LogP contribution in [0.5, 0.6) is 34.5 Å². The molecule has 0 amide bonds. The van der Waals surface area contributed by atoms with Gasteiger partial charge in [-0.25, -0.2) is 0 Å². The van der Waals surface area contributed by atoms with Crippen LogP contribution in [0.1, 0.15) is 50.3 Å². The molecule has 0 aliphatic heterocycles. The molecule has 0 fully saturated rings. The number of carbonyl (C=O) groups is 2. The molecule has 0 saturated carbocycles. The highest BCUT2D eigenvalue weighted by atomic mass is 79.9. The van der Waals surface area contributed by atoms with Crippen molar-refractivity contribution in [1.82, 2.24) is 0 Å². The Morgan fingerprint density at radius 1 is 0.537 bits per heavy atom. The summed E-state index contributed by atoms with van der Waals surface area (Å²) in [5, 5.41) is 0. The number of ether oxygens (including phenoxy) is 6. The molecule has 3 rings (SSSR count). The van der Waals surface area contributed by atoms with E-state index in [0.717, 1.165) is 16.7 Å². The van der Waals surface area contributed by atoms with E-state index in [1.54, 1.807) is 54.0 Å². The van der Waals surface area contributed by atoms with E-state index in [2.05, 4.69) is 31.9 Å². The van der Waals surface area contributed by atoms with E-state index >= 15 is 0 Å². The molecule has 0 unspecified atom stereocenters. The Balaban J connectivity index is 2.17. The number of esters is 2. The minimum Gasteiger partial charge on any atom is -0.493 e. The third-order valence-corrected chi connectivity index (χ3v) is 6.81. The number of carbonyl (C=O) groups excluding carboxylic acids is 2. The lowest BCUT2D eigenvalue weighted by Crippen LogP contribution is -2.29. The van der Waals surface area contributed by atoms with Crippen LogP contribution in [0.15, 0.2) is 54.6 Å². The fourth-order valence-electron chi connectivity index (χ4n) is 3.95. The van der Waals surface area contributed by atoms with Crippen molar-refractivity contribution in [1.29, 1.82) is 0 Å². The summed E-state index contributed by atoms with van der Waals surface area (Å²) in [4.78, 5) is 25.1. The monoisotopic (exact) mass is 692 g/mol. The van der Waals surface area contributed by atoms with Gasteiger partial charge in [-0.3, -0.25) is 9.59 Å². The second kappa shape index (κ2) is 13.2. The van der Waals surface area contributed by atoms with Crippen molar-refractivity contribution in [2.45, 2.75) is 42.3 Å². The van der Waals surface area contributed by atoms with E-state index in [1.165, 1.54) is 14.2 Å². The average molecular weight is 694 g/mol. The molecule has 0 N–H and O–H groups in total. The number of halogens is 2. The summed E-state index contributed by atoms with van der Waals surface area (Å²) in [6.45, 7) is 6.82. The van der Waals surface area contributed by atoms with Gasteiger partial charge in [0.05, 0.1) is 28.4 Å². The lowest BCUT2D eigenvalue weighted by Gasteiger charge is -2.23. The standard InChI is InChI=1S/C31H34Br2O8/c1-30(2,32)28(34)40-22-13-10-19(16-25(22)38-7)27(18-9-12-21(36-5)24(15-18)37-6)20-11-14-23(26(17-20)39-8)41-29(35)31(3,4)33/h9-17,27H,1-8H3. The zero-order valence-electron chi connectivity index (χ0n) is 24.3. The van der Waals surface area contributed by atoms with Crippen LogP contribution in [-0.4, -0.2) is 49.0 Å². The Bertz CT molecular complexity index is 1330. The predicted molar refractivity (Wildman–Crippen MR) is 164 cm³/mol. The molecule has 0 radical (unpaired) electrons. The summed E-state index contributed by atoms with van der Waals surface area (Å²) >= 11 is 6.67. The second-order valence-corrected chi connectivity index (χ2v) is 14.1. The van der Waals surface area contributed by atoms with Crippen LogP contribution in [-0.2, 0) is 9.59 Å². The molecule has 0 saturated heterocycles. The van der Waals surface area contributed by atoms with Gasteiger partial charge in [0.25, 0.3) is 0 Å². The van der Waals surface area contributed by atoms with Gasteiger partial charge in [-0.2, -0.15) is 0 Å². The number of hydrogen-bond donors (Lipinski definition) is 0. The quantitative estimate of drug-likeness (QED) is 0.0913. The molecule has 0 spiro atoms. The Labute approximate surface area is 257 Å².